The van der Waals surface area contributed by atoms with Crippen molar-refractivity contribution in [2.24, 2.45) is 5.92 Å². The van der Waals surface area contributed by atoms with Crippen LogP contribution in [-0.2, 0) is 11.2 Å². The lowest BCUT2D eigenvalue weighted by Crippen LogP contribution is -2.47. The summed E-state index contributed by atoms with van der Waals surface area (Å²) in [6.45, 7) is 7.97. The molecule has 2 fully saturated rings. The van der Waals surface area contributed by atoms with Gasteiger partial charge in [0.25, 0.3) is 0 Å². The molecule has 1 heterocycles. The summed E-state index contributed by atoms with van der Waals surface area (Å²) in [5.74, 6) is 0.663. The number of carbonyl (C=O) groups is 1. The molecule has 5 heteroatoms. The summed E-state index contributed by atoms with van der Waals surface area (Å²) in [5.41, 5.74) is 2.87. The number of benzene rings is 1. The number of nitrogens with zero attached hydrogens (tertiary/aromatic N) is 3. The van der Waals surface area contributed by atoms with Gasteiger partial charge in [-0.15, -0.1) is 0 Å². The van der Waals surface area contributed by atoms with Crippen molar-refractivity contribution in [1.29, 1.82) is 5.26 Å². The Balaban J connectivity index is 1.35. The van der Waals surface area contributed by atoms with Crippen LogP contribution < -0.4 is 10.2 Å². The summed E-state index contributed by atoms with van der Waals surface area (Å²) in [4.78, 5) is 16.7. The van der Waals surface area contributed by atoms with E-state index in [4.69, 9.17) is 5.26 Å². The number of nitrogens with one attached hydrogen (secondary N) is 1. The highest BCUT2D eigenvalue weighted by Gasteiger charge is 2.24. The van der Waals surface area contributed by atoms with Crippen LogP contribution in [0, 0.1) is 17.2 Å². The maximum absolute atomic E-state index is 11.6. The van der Waals surface area contributed by atoms with Gasteiger partial charge < -0.3 is 10.2 Å². The first kappa shape index (κ1) is 20.7. The maximum atomic E-state index is 11.6. The highest BCUT2D eigenvalue weighted by atomic mass is 16.1. The molecule has 0 unspecified atom stereocenters. The van der Waals surface area contributed by atoms with Gasteiger partial charge in [0.05, 0.1) is 6.07 Å². The van der Waals surface area contributed by atoms with Crippen LogP contribution >= 0.6 is 0 Å². The number of amides is 1. The lowest BCUT2D eigenvalue weighted by atomic mass is 9.84. The molecule has 0 spiro atoms. The molecule has 1 aliphatic carbocycles. The molecule has 1 saturated heterocycles. The topological polar surface area (TPSA) is 59.4 Å². The highest BCUT2D eigenvalue weighted by molar-refractivity contribution is 5.78. The van der Waals surface area contributed by atoms with E-state index in [0.717, 1.165) is 51.4 Å². The van der Waals surface area contributed by atoms with Gasteiger partial charge in [0.1, 0.15) is 6.42 Å². The quantitative estimate of drug-likeness (QED) is 0.786. The fourth-order valence-corrected chi connectivity index (χ4v) is 4.64. The van der Waals surface area contributed by atoms with Gasteiger partial charge in [-0.2, -0.15) is 5.26 Å². The molecule has 1 aliphatic heterocycles. The van der Waals surface area contributed by atoms with E-state index >= 15 is 0 Å². The van der Waals surface area contributed by atoms with E-state index in [1.54, 1.807) is 0 Å². The zero-order chi connectivity index (χ0) is 19.8. The first-order valence-corrected chi connectivity index (χ1v) is 10.9. The smallest absolute Gasteiger partial charge is 0.234 e. The molecule has 1 aromatic rings. The minimum absolute atomic E-state index is 0.0192. The van der Waals surface area contributed by atoms with Crippen molar-refractivity contribution in [2.45, 2.75) is 57.9 Å². The summed E-state index contributed by atoms with van der Waals surface area (Å²) in [7, 11) is 0. The molecular weight excluding hydrogens is 348 g/mol. The molecular formula is C23H34N4O. The first-order valence-electron chi connectivity index (χ1n) is 10.9. The molecule has 0 radical (unpaired) electrons. The van der Waals surface area contributed by atoms with Crippen molar-refractivity contribution in [3.8, 4) is 6.07 Å². The zero-order valence-corrected chi connectivity index (χ0v) is 17.2. The summed E-state index contributed by atoms with van der Waals surface area (Å²) >= 11 is 0. The second kappa shape index (κ2) is 10.5. The van der Waals surface area contributed by atoms with E-state index in [9.17, 15) is 4.79 Å². The largest absolute Gasteiger partial charge is 0.369 e. The van der Waals surface area contributed by atoms with Crippen LogP contribution in [-0.4, -0.2) is 49.6 Å². The zero-order valence-electron chi connectivity index (χ0n) is 17.2. The lowest BCUT2D eigenvalue weighted by Gasteiger charge is -2.38. The molecule has 0 aromatic heterocycles. The molecule has 0 atom stereocenters. The molecule has 1 N–H and O–H groups in total. The van der Waals surface area contributed by atoms with Crippen molar-refractivity contribution >= 4 is 11.6 Å². The van der Waals surface area contributed by atoms with Gasteiger partial charge in [-0.1, -0.05) is 25.1 Å². The van der Waals surface area contributed by atoms with Crippen LogP contribution in [0.1, 0.15) is 51.0 Å². The third kappa shape index (κ3) is 5.72. The van der Waals surface area contributed by atoms with Crippen molar-refractivity contribution in [1.82, 2.24) is 10.2 Å². The monoisotopic (exact) mass is 382 g/mol. The van der Waals surface area contributed by atoms with Crippen LogP contribution in [0.5, 0.6) is 0 Å². The van der Waals surface area contributed by atoms with E-state index in [2.05, 4.69) is 46.3 Å². The summed E-state index contributed by atoms with van der Waals surface area (Å²) in [5, 5.41) is 11.6. The Kier molecular flexibility index (Phi) is 7.73. The normalized spacial score (nSPS) is 23.2. The van der Waals surface area contributed by atoms with Gasteiger partial charge in [0.15, 0.2) is 0 Å². The molecule has 0 bridgehead atoms. The van der Waals surface area contributed by atoms with Crippen LogP contribution in [0.4, 0.5) is 5.69 Å². The number of para-hydroxylation sites is 1. The number of rotatable bonds is 7. The second-order valence-electron chi connectivity index (χ2n) is 8.22. The third-order valence-corrected chi connectivity index (χ3v) is 6.39. The van der Waals surface area contributed by atoms with E-state index < -0.39 is 0 Å². The Morgan fingerprint density at radius 3 is 2.54 bits per heavy atom. The average Bonchev–Trinajstić information content (AvgIpc) is 2.74. The summed E-state index contributed by atoms with van der Waals surface area (Å²) < 4.78 is 0. The Labute approximate surface area is 169 Å². The number of hydrogen-bond acceptors (Lipinski definition) is 4. The average molecular weight is 383 g/mol. The fraction of sp³-hybridized carbons (Fsp3) is 0.652. The van der Waals surface area contributed by atoms with Crippen molar-refractivity contribution in [3.63, 3.8) is 0 Å². The summed E-state index contributed by atoms with van der Waals surface area (Å²) in [6.07, 6.45) is 6.85. The van der Waals surface area contributed by atoms with Crippen LogP contribution in [0.2, 0.25) is 0 Å². The van der Waals surface area contributed by atoms with Crippen LogP contribution in [0.25, 0.3) is 0 Å². The van der Waals surface area contributed by atoms with Gasteiger partial charge >= 0.3 is 0 Å². The SMILES string of the molecule is CCc1ccccc1N1CCN(CC[C@H]2CC[C@H](NC(=O)CC#N)CC2)CC1. The summed E-state index contributed by atoms with van der Waals surface area (Å²) in [6, 6.07) is 11.0. The number of aryl methyl sites for hydroxylation is 1. The van der Waals surface area contributed by atoms with E-state index in [-0.39, 0.29) is 18.4 Å². The molecule has 28 heavy (non-hydrogen) atoms. The Morgan fingerprint density at radius 2 is 1.86 bits per heavy atom. The highest BCUT2D eigenvalue weighted by Crippen LogP contribution is 2.28. The minimum Gasteiger partial charge on any atom is -0.369 e. The second-order valence-corrected chi connectivity index (χ2v) is 8.22. The van der Waals surface area contributed by atoms with Gasteiger partial charge in [-0.3, -0.25) is 9.69 Å². The minimum atomic E-state index is -0.117. The predicted molar refractivity (Wildman–Crippen MR) is 113 cm³/mol. The van der Waals surface area contributed by atoms with E-state index in [1.807, 2.05) is 6.07 Å². The number of anilines is 1. The Hall–Kier alpha value is -2.06. The number of hydrogen-bond donors (Lipinski definition) is 1. The van der Waals surface area contributed by atoms with Crippen LogP contribution in [0.3, 0.4) is 0 Å². The number of piperazine rings is 1. The molecule has 2 aliphatic rings. The predicted octanol–water partition coefficient (Wildman–Crippen LogP) is 3.35. The fourth-order valence-electron chi connectivity index (χ4n) is 4.64. The standard InChI is InChI=1S/C23H34N4O/c1-2-20-5-3-4-6-22(20)27-17-15-26(16-18-27)14-12-19-7-9-21(10-8-19)25-23(28)11-13-24/h3-6,19,21H,2,7-12,14-18H2,1H3,(H,25,28)/t19-,21-. The molecule has 1 aromatic carbocycles. The van der Waals surface area contributed by atoms with Gasteiger partial charge in [-0.05, 0) is 62.6 Å². The van der Waals surface area contributed by atoms with Gasteiger partial charge in [0, 0.05) is 37.9 Å². The molecule has 1 saturated carbocycles. The molecule has 3 rings (SSSR count). The number of carbonyl (C=O) groups excluding carboxylic acids is 1. The maximum Gasteiger partial charge on any atom is 0.234 e. The molecule has 152 valence electrons. The van der Waals surface area contributed by atoms with Crippen LogP contribution in [0.15, 0.2) is 24.3 Å². The van der Waals surface area contributed by atoms with Crippen molar-refractivity contribution < 1.29 is 4.79 Å². The van der Waals surface area contributed by atoms with Gasteiger partial charge in [0.2, 0.25) is 5.91 Å². The van der Waals surface area contributed by atoms with Crippen molar-refractivity contribution in [3.05, 3.63) is 29.8 Å². The molecule has 1 amide bonds. The van der Waals surface area contributed by atoms with E-state index in [0.29, 0.717) is 0 Å². The lowest BCUT2D eigenvalue weighted by molar-refractivity contribution is -0.121. The number of nitriles is 1. The first-order chi connectivity index (χ1) is 13.7. The van der Waals surface area contributed by atoms with E-state index in [1.165, 1.54) is 37.1 Å². The van der Waals surface area contributed by atoms with Crippen molar-refractivity contribution in [2.75, 3.05) is 37.6 Å². The molecule has 5 nitrogen and oxygen atoms in total. The third-order valence-electron chi connectivity index (χ3n) is 6.39. The van der Waals surface area contributed by atoms with Gasteiger partial charge in [-0.25, -0.2) is 0 Å². The Morgan fingerprint density at radius 1 is 1.14 bits per heavy atom. The Bertz CT molecular complexity index is 667.